The number of hydrogen-bond acceptors (Lipinski definition) is 5. The van der Waals surface area contributed by atoms with Gasteiger partial charge in [0.1, 0.15) is 17.0 Å². The topological polar surface area (TPSA) is 73.6 Å². The zero-order valence-corrected chi connectivity index (χ0v) is 19.3. The molecule has 0 atom stereocenters. The van der Waals surface area contributed by atoms with Crippen LogP contribution in [-0.2, 0) is 4.79 Å². The van der Waals surface area contributed by atoms with Gasteiger partial charge in [-0.3, -0.25) is 4.79 Å². The molecule has 0 unspecified atom stereocenters. The molecule has 0 bridgehead atoms. The first-order valence-corrected chi connectivity index (χ1v) is 10.6. The van der Waals surface area contributed by atoms with Crippen LogP contribution < -0.4 is 14.8 Å². The smallest absolute Gasteiger partial charge is 0.262 e. The molecule has 164 valence electrons. The van der Waals surface area contributed by atoms with E-state index in [-0.39, 0.29) is 12.5 Å². The van der Waals surface area contributed by atoms with Gasteiger partial charge in [-0.05, 0) is 61.0 Å². The molecule has 0 radical (unpaired) electrons. The number of hydrogen-bond donors (Lipinski definition) is 1. The van der Waals surface area contributed by atoms with Gasteiger partial charge in [-0.2, -0.15) is 0 Å². The monoisotopic (exact) mass is 490 g/mol. The molecule has 0 aliphatic carbocycles. The third-order valence-electron chi connectivity index (χ3n) is 4.61. The predicted molar refractivity (Wildman–Crippen MR) is 126 cm³/mol. The Kier molecular flexibility index (Phi) is 6.46. The minimum atomic E-state index is -0.347. The average molecular weight is 492 g/mol. The lowest BCUT2D eigenvalue weighted by Crippen LogP contribution is -2.20. The van der Waals surface area contributed by atoms with E-state index in [4.69, 9.17) is 48.7 Å². The van der Waals surface area contributed by atoms with E-state index < -0.39 is 0 Å². The lowest BCUT2D eigenvalue weighted by molar-refractivity contribution is -0.118. The van der Waals surface area contributed by atoms with Gasteiger partial charge in [-0.15, -0.1) is 0 Å². The normalized spacial score (nSPS) is 10.9. The van der Waals surface area contributed by atoms with Gasteiger partial charge >= 0.3 is 0 Å². The highest BCUT2D eigenvalue weighted by Crippen LogP contribution is 2.33. The third kappa shape index (κ3) is 4.78. The van der Waals surface area contributed by atoms with E-state index in [1.165, 1.54) is 0 Å². The van der Waals surface area contributed by atoms with Crippen molar-refractivity contribution in [1.82, 2.24) is 4.98 Å². The summed E-state index contributed by atoms with van der Waals surface area (Å²) in [5, 5.41) is 4.08. The number of amides is 1. The van der Waals surface area contributed by atoms with Crippen LogP contribution in [0.5, 0.6) is 11.5 Å². The summed E-state index contributed by atoms with van der Waals surface area (Å²) in [5.41, 5.74) is 3.16. The Morgan fingerprint density at radius 3 is 2.59 bits per heavy atom. The van der Waals surface area contributed by atoms with E-state index in [9.17, 15) is 4.79 Å². The van der Waals surface area contributed by atoms with Gasteiger partial charge in [0.2, 0.25) is 5.89 Å². The standard InChI is InChI=1S/C23H17Cl3N2O4/c1-12-7-14(24)9-17(26)22(12)31-11-21(29)27-15-4-6-20-18(10-15)28-23(32-20)13-3-5-19(30-2)16(25)8-13/h3-10H,11H2,1-2H3,(H,27,29). The number of carbonyl (C=O) groups excluding carboxylic acids is 1. The molecule has 6 nitrogen and oxygen atoms in total. The summed E-state index contributed by atoms with van der Waals surface area (Å²) in [5.74, 6) is 1.04. The molecule has 1 amide bonds. The zero-order chi connectivity index (χ0) is 22.8. The Balaban J connectivity index is 1.47. The third-order valence-corrected chi connectivity index (χ3v) is 5.41. The first-order valence-electron chi connectivity index (χ1n) is 9.47. The summed E-state index contributed by atoms with van der Waals surface area (Å²) < 4.78 is 16.6. The zero-order valence-electron chi connectivity index (χ0n) is 17.0. The van der Waals surface area contributed by atoms with Crippen molar-refractivity contribution in [3.63, 3.8) is 0 Å². The van der Waals surface area contributed by atoms with Crippen molar-refractivity contribution in [2.45, 2.75) is 6.92 Å². The summed E-state index contributed by atoms with van der Waals surface area (Å²) in [6.45, 7) is 1.59. The van der Waals surface area contributed by atoms with Crippen LogP contribution in [0.3, 0.4) is 0 Å². The summed E-state index contributed by atoms with van der Waals surface area (Å²) in [6.07, 6.45) is 0. The number of aromatic nitrogens is 1. The first-order chi connectivity index (χ1) is 15.3. The molecule has 4 aromatic rings. The molecule has 1 aromatic heterocycles. The number of methoxy groups -OCH3 is 1. The highest BCUT2D eigenvalue weighted by Gasteiger charge is 2.13. The number of nitrogens with zero attached hydrogens (tertiary/aromatic N) is 1. The van der Waals surface area contributed by atoms with Gasteiger partial charge < -0.3 is 19.2 Å². The molecule has 0 saturated carbocycles. The molecular formula is C23H17Cl3N2O4. The number of anilines is 1. The Morgan fingerprint density at radius 2 is 1.88 bits per heavy atom. The Morgan fingerprint density at radius 1 is 1.06 bits per heavy atom. The number of carbonyl (C=O) groups is 1. The molecule has 0 saturated heterocycles. The van der Waals surface area contributed by atoms with Crippen LogP contribution in [-0.4, -0.2) is 24.6 Å². The fourth-order valence-electron chi connectivity index (χ4n) is 3.13. The lowest BCUT2D eigenvalue weighted by atomic mass is 10.2. The molecule has 0 aliphatic rings. The number of nitrogens with one attached hydrogen (secondary N) is 1. The predicted octanol–water partition coefficient (Wildman–Crippen LogP) is 6.79. The summed E-state index contributed by atoms with van der Waals surface area (Å²) >= 11 is 18.3. The highest BCUT2D eigenvalue weighted by molar-refractivity contribution is 6.35. The molecule has 4 rings (SSSR count). The molecule has 0 fully saturated rings. The van der Waals surface area contributed by atoms with Crippen LogP contribution in [0, 0.1) is 6.92 Å². The maximum atomic E-state index is 12.4. The van der Waals surface area contributed by atoms with Gasteiger partial charge in [0.25, 0.3) is 5.91 Å². The van der Waals surface area contributed by atoms with Crippen molar-refractivity contribution >= 4 is 57.5 Å². The van der Waals surface area contributed by atoms with Crippen molar-refractivity contribution in [2.75, 3.05) is 19.0 Å². The summed E-state index contributed by atoms with van der Waals surface area (Å²) in [4.78, 5) is 16.9. The fourth-order valence-corrected chi connectivity index (χ4v) is 4.04. The molecule has 1 N–H and O–H groups in total. The second kappa shape index (κ2) is 9.28. The number of fused-ring (bicyclic) bond motifs is 1. The average Bonchev–Trinajstić information content (AvgIpc) is 3.16. The van der Waals surface area contributed by atoms with Gasteiger partial charge in [-0.1, -0.05) is 34.8 Å². The Bertz CT molecular complexity index is 1300. The Labute approximate surface area is 199 Å². The number of benzene rings is 3. The number of halogens is 3. The number of rotatable bonds is 6. The minimum Gasteiger partial charge on any atom is -0.495 e. The lowest BCUT2D eigenvalue weighted by Gasteiger charge is -2.11. The van der Waals surface area contributed by atoms with Crippen molar-refractivity contribution in [3.8, 4) is 23.0 Å². The van der Waals surface area contributed by atoms with E-state index in [2.05, 4.69) is 10.3 Å². The number of ether oxygens (including phenoxy) is 2. The highest BCUT2D eigenvalue weighted by atomic mass is 35.5. The van der Waals surface area contributed by atoms with Gasteiger partial charge in [0.05, 0.1) is 17.2 Å². The molecule has 0 aliphatic heterocycles. The molecular weight excluding hydrogens is 475 g/mol. The largest absolute Gasteiger partial charge is 0.495 e. The second-order valence-electron chi connectivity index (χ2n) is 6.92. The molecule has 1 heterocycles. The van der Waals surface area contributed by atoms with Crippen molar-refractivity contribution in [3.05, 3.63) is 69.2 Å². The van der Waals surface area contributed by atoms with Crippen LogP contribution in [0.15, 0.2) is 52.9 Å². The van der Waals surface area contributed by atoms with Crippen LogP contribution >= 0.6 is 34.8 Å². The summed E-state index contributed by atoms with van der Waals surface area (Å²) in [6, 6.07) is 13.7. The quantitative estimate of drug-likeness (QED) is 0.321. The van der Waals surface area contributed by atoms with E-state index in [0.29, 0.717) is 54.8 Å². The van der Waals surface area contributed by atoms with E-state index in [0.717, 1.165) is 5.56 Å². The van der Waals surface area contributed by atoms with Crippen LogP contribution in [0.2, 0.25) is 15.1 Å². The minimum absolute atomic E-state index is 0.214. The molecule has 9 heteroatoms. The van der Waals surface area contributed by atoms with Gasteiger partial charge in [-0.25, -0.2) is 4.98 Å². The van der Waals surface area contributed by atoms with E-state index in [1.807, 2.05) is 0 Å². The van der Waals surface area contributed by atoms with E-state index >= 15 is 0 Å². The van der Waals surface area contributed by atoms with Crippen molar-refractivity contribution < 1.29 is 18.7 Å². The molecule has 32 heavy (non-hydrogen) atoms. The first kappa shape index (κ1) is 22.3. The van der Waals surface area contributed by atoms with Gasteiger partial charge in [0, 0.05) is 16.3 Å². The van der Waals surface area contributed by atoms with Crippen LogP contribution in [0.4, 0.5) is 5.69 Å². The van der Waals surface area contributed by atoms with Gasteiger partial charge in [0.15, 0.2) is 12.2 Å². The maximum absolute atomic E-state index is 12.4. The number of aryl methyl sites for hydroxylation is 1. The Hall–Kier alpha value is -2.93. The maximum Gasteiger partial charge on any atom is 0.262 e. The fraction of sp³-hybridized carbons (Fsp3) is 0.130. The van der Waals surface area contributed by atoms with Crippen molar-refractivity contribution in [1.29, 1.82) is 0 Å². The molecule has 3 aromatic carbocycles. The van der Waals surface area contributed by atoms with Crippen LogP contribution in [0.25, 0.3) is 22.6 Å². The SMILES string of the molecule is COc1ccc(-c2nc3cc(NC(=O)COc4c(C)cc(Cl)cc4Cl)ccc3o2)cc1Cl. The summed E-state index contributed by atoms with van der Waals surface area (Å²) in [7, 11) is 1.55. The van der Waals surface area contributed by atoms with Crippen molar-refractivity contribution in [2.24, 2.45) is 0 Å². The van der Waals surface area contributed by atoms with Crippen LogP contribution in [0.1, 0.15) is 5.56 Å². The number of oxazole rings is 1. The molecule has 0 spiro atoms. The van der Waals surface area contributed by atoms with E-state index in [1.54, 1.807) is 62.6 Å². The second-order valence-corrected chi connectivity index (χ2v) is 8.17.